The van der Waals surface area contributed by atoms with Gasteiger partial charge in [0, 0.05) is 5.56 Å². The summed E-state index contributed by atoms with van der Waals surface area (Å²) in [5, 5.41) is 0. The molecule has 0 fully saturated rings. The highest BCUT2D eigenvalue weighted by Crippen LogP contribution is 2.29. The first-order valence-electron chi connectivity index (χ1n) is 6.67. The Bertz CT molecular complexity index is 569. The molecule has 0 saturated carbocycles. The van der Waals surface area contributed by atoms with Crippen molar-refractivity contribution in [3.8, 4) is 11.1 Å². The van der Waals surface area contributed by atoms with Gasteiger partial charge < -0.3 is 0 Å². The fourth-order valence-electron chi connectivity index (χ4n) is 2.10. The second-order valence-corrected chi connectivity index (χ2v) is 4.90. The molecule has 0 radical (unpaired) electrons. The average Bonchev–Trinajstić information content (AvgIpc) is 2.46. The molecule has 1 heteroatoms. The summed E-state index contributed by atoms with van der Waals surface area (Å²) in [5.74, 6) is 0.190. The van der Waals surface area contributed by atoms with Crippen LogP contribution >= 0.6 is 0 Å². The van der Waals surface area contributed by atoms with Gasteiger partial charge in [0.1, 0.15) is 5.82 Å². The molecule has 0 aliphatic rings. The van der Waals surface area contributed by atoms with E-state index in [1.165, 1.54) is 0 Å². The van der Waals surface area contributed by atoms with Gasteiger partial charge in [-0.3, -0.25) is 0 Å². The summed E-state index contributed by atoms with van der Waals surface area (Å²) in [6.07, 6.45) is 1.01. The minimum absolute atomic E-state index is 0.187. The monoisotopic (exact) mass is 254 g/mol. The van der Waals surface area contributed by atoms with Crippen LogP contribution in [0.5, 0.6) is 0 Å². The Balaban J connectivity index is 2.35. The minimum Gasteiger partial charge on any atom is -0.206 e. The second-order valence-electron chi connectivity index (χ2n) is 4.90. The number of rotatable bonds is 4. The van der Waals surface area contributed by atoms with Gasteiger partial charge >= 0.3 is 0 Å². The van der Waals surface area contributed by atoms with Gasteiger partial charge in [0.15, 0.2) is 0 Å². The SMILES string of the molecule is C=C(c1ccc(-c2ccccc2)c(F)c1)C(C)CC. The van der Waals surface area contributed by atoms with Gasteiger partial charge in [-0.05, 0) is 35.1 Å². The lowest BCUT2D eigenvalue weighted by Gasteiger charge is -2.14. The summed E-state index contributed by atoms with van der Waals surface area (Å²) in [6, 6.07) is 15.0. The average molecular weight is 254 g/mol. The van der Waals surface area contributed by atoms with Gasteiger partial charge in [-0.1, -0.05) is 62.9 Å². The lowest BCUT2D eigenvalue weighted by molar-refractivity contribution is 0.630. The maximum absolute atomic E-state index is 14.2. The molecule has 0 spiro atoms. The molecule has 1 atom stereocenters. The zero-order valence-electron chi connectivity index (χ0n) is 11.5. The smallest absolute Gasteiger partial charge is 0.131 e. The van der Waals surface area contributed by atoms with Crippen LogP contribution in [0.3, 0.4) is 0 Å². The Morgan fingerprint density at radius 3 is 2.42 bits per heavy atom. The van der Waals surface area contributed by atoms with Crippen molar-refractivity contribution in [2.75, 3.05) is 0 Å². The quantitative estimate of drug-likeness (QED) is 0.670. The fourth-order valence-corrected chi connectivity index (χ4v) is 2.10. The highest BCUT2D eigenvalue weighted by molar-refractivity contribution is 5.70. The van der Waals surface area contributed by atoms with Crippen molar-refractivity contribution in [2.45, 2.75) is 20.3 Å². The van der Waals surface area contributed by atoms with E-state index in [0.29, 0.717) is 11.5 Å². The topological polar surface area (TPSA) is 0 Å². The Kier molecular flexibility index (Phi) is 4.16. The molecule has 0 aliphatic heterocycles. The summed E-state index contributed by atoms with van der Waals surface area (Å²) in [7, 11) is 0. The fraction of sp³-hybridized carbons (Fsp3) is 0.222. The van der Waals surface area contributed by atoms with Crippen LogP contribution in [-0.2, 0) is 0 Å². The van der Waals surface area contributed by atoms with E-state index in [0.717, 1.165) is 23.1 Å². The lowest BCUT2D eigenvalue weighted by Crippen LogP contribution is -1.97. The van der Waals surface area contributed by atoms with Crippen LogP contribution in [0, 0.1) is 11.7 Å². The second kappa shape index (κ2) is 5.83. The normalized spacial score (nSPS) is 12.2. The van der Waals surface area contributed by atoms with Crippen LogP contribution in [0.2, 0.25) is 0 Å². The van der Waals surface area contributed by atoms with Gasteiger partial charge in [0.2, 0.25) is 0 Å². The molecule has 19 heavy (non-hydrogen) atoms. The Hall–Kier alpha value is -1.89. The van der Waals surface area contributed by atoms with Gasteiger partial charge in [0.25, 0.3) is 0 Å². The zero-order valence-corrected chi connectivity index (χ0v) is 11.5. The van der Waals surface area contributed by atoms with E-state index in [2.05, 4.69) is 20.4 Å². The summed E-state index contributed by atoms with van der Waals surface area (Å²) in [6.45, 7) is 8.30. The van der Waals surface area contributed by atoms with Crippen molar-refractivity contribution in [1.82, 2.24) is 0 Å². The summed E-state index contributed by atoms with van der Waals surface area (Å²) in [5.41, 5.74) is 3.44. The Morgan fingerprint density at radius 1 is 1.16 bits per heavy atom. The van der Waals surface area contributed by atoms with Crippen molar-refractivity contribution in [3.05, 3.63) is 66.5 Å². The van der Waals surface area contributed by atoms with Gasteiger partial charge in [-0.2, -0.15) is 0 Å². The van der Waals surface area contributed by atoms with Gasteiger partial charge in [-0.15, -0.1) is 0 Å². The lowest BCUT2D eigenvalue weighted by atomic mass is 9.92. The van der Waals surface area contributed by atoms with E-state index >= 15 is 0 Å². The molecule has 0 bridgehead atoms. The van der Waals surface area contributed by atoms with Crippen molar-refractivity contribution in [1.29, 1.82) is 0 Å². The van der Waals surface area contributed by atoms with Crippen LogP contribution in [0.4, 0.5) is 4.39 Å². The first-order valence-corrected chi connectivity index (χ1v) is 6.67. The molecule has 0 saturated heterocycles. The number of allylic oxidation sites excluding steroid dienone is 1. The van der Waals surface area contributed by atoms with E-state index < -0.39 is 0 Å². The Labute approximate surface area is 114 Å². The highest BCUT2D eigenvalue weighted by Gasteiger charge is 2.10. The van der Waals surface area contributed by atoms with Crippen LogP contribution in [0.25, 0.3) is 16.7 Å². The molecule has 0 aromatic heterocycles. The van der Waals surface area contributed by atoms with Crippen molar-refractivity contribution in [3.63, 3.8) is 0 Å². The highest BCUT2D eigenvalue weighted by atomic mass is 19.1. The van der Waals surface area contributed by atoms with Crippen molar-refractivity contribution < 1.29 is 4.39 Å². The van der Waals surface area contributed by atoms with Crippen molar-refractivity contribution >= 4 is 5.57 Å². The molecule has 2 rings (SSSR count). The van der Waals surface area contributed by atoms with Gasteiger partial charge in [0.05, 0.1) is 0 Å². The van der Waals surface area contributed by atoms with Crippen LogP contribution < -0.4 is 0 Å². The number of hydrogen-bond acceptors (Lipinski definition) is 0. The van der Waals surface area contributed by atoms with Crippen LogP contribution in [0.1, 0.15) is 25.8 Å². The van der Waals surface area contributed by atoms with Crippen LogP contribution in [0.15, 0.2) is 55.1 Å². The maximum atomic E-state index is 14.2. The maximum Gasteiger partial charge on any atom is 0.131 e. The molecule has 0 amide bonds. The molecular weight excluding hydrogens is 235 g/mol. The molecule has 0 N–H and O–H groups in total. The minimum atomic E-state index is -0.187. The van der Waals surface area contributed by atoms with E-state index in [-0.39, 0.29) is 5.82 Å². The standard InChI is InChI=1S/C18H19F/c1-4-13(2)14(3)16-10-11-17(18(19)12-16)15-8-6-5-7-9-15/h5-13H,3-4H2,1-2H3. The first-order chi connectivity index (χ1) is 9.13. The summed E-state index contributed by atoms with van der Waals surface area (Å²) >= 11 is 0. The summed E-state index contributed by atoms with van der Waals surface area (Å²) < 4.78 is 14.2. The third-order valence-electron chi connectivity index (χ3n) is 3.63. The molecule has 98 valence electrons. The van der Waals surface area contributed by atoms with E-state index in [1.807, 2.05) is 42.5 Å². The molecular formula is C18H19F. The van der Waals surface area contributed by atoms with E-state index in [9.17, 15) is 4.39 Å². The molecule has 0 aliphatic carbocycles. The number of halogens is 1. The Morgan fingerprint density at radius 2 is 1.84 bits per heavy atom. The zero-order chi connectivity index (χ0) is 13.8. The number of hydrogen-bond donors (Lipinski definition) is 0. The van der Waals surface area contributed by atoms with Crippen molar-refractivity contribution in [2.24, 2.45) is 5.92 Å². The first kappa shape index (κ1) is 13.5. The van der Waals surface area contributed by atoms with Crippen LogP contribution in [-0.4, -0.2) is 0 Å². The third kappa shape index (κ3) is 2.93. The molecule has 2 aromatic carbocycles. The molecule has 0 heterocycles. The molecule has 0 nitrogen and oxygen atoms in total. The molecule has 2 aromatic rings. The largest absolute Gasteiger partial charge is 0.206 e. The number of benzene rings is 2. The van der Waals surface area contributed by atoms with E-state index in [4.69, 9.17) is 0 Å². The predicted molar refractivity (Wildman–Crippen MR) is 80.3 cm³/mol. The third-order valence-corrected chi connectivity index (χ3v) is 3.63. The predicted octanol–water partition coefficient (Wildman–Crippen LogP) is 5.55. The van der Waals surface area contributed by atoms with E-state index in [1.54, 1.807) is 6.07 Å². The molecule has 1 unspecified atom stereocenters. The summed E-state index contributed by atoms with van der Waals surface area (Å²) in [4.78, 5) is 0. The van der Waals surface area contributed by atoms with Gasteiger partial charge in [-0.25, -0.2) is 4.39 Å².